The fourth-order valence-electron chi connectivity index (χ4n) is 1.46. The van der Waals surface area contributed by atoms with E-state index in [0.717, 1.165) is 12.5 Å². The molecule has 1 fully saturated rings. The molecule has 3 nitrogen and oxygen atoms in total. The summed E-state index contributed by atoms with van der Waals surface area (Å²) < 4.78 is 1.88. The summed E-state index contributed by atoms with van der Waals surface area (Å²) in [5, 5.41) is 12.7. The number of nitrogens with zero attached hydrogens (tertiary/aromatic N) is 3. The molecule has 62 valence electrons. The lowest BCUT2D eigenvalue weighted by Crippen LogP contribution is -2.18. The van der Waals surface area contributed by atoms with Crippen molar-refractivity contribution in [1.29, 1.82) is 5.26 Å². The highest BCUT2D eigenvalue weighted by atomic mass is 15.3. The van der Waals surface area contributed by atoms with Crippen LogP contribution in [0.15, 0.2) is 12.4 Å². The summed E-state index contributed by atoms with van der Waals surface area (Å²) in [6.45, 7) is 0.988. The van der Waals surface area contributed by atoms with E-state index in [1.165, 1.54) is 19.3 Å². The molecule has 3 heteroatoms. The van der Waals surface area contributed by atoms with Crippen molar-refractivity contribution in [2.24, 2.45) is 5.92 Å². The third-order valence-electron chi connectivity index (χ3n) is 2.43. The van der Waals surface area contributed by atoms with Crippen molar-refractivity contribution < 1.29 is 0 Å². The summed E-state index contributed by atoms with van der Waals surface area (Å²) in [6, 6.07) is 2.07. The zero-order valence-electron chi connectivity index (χ0n) is 6.90. The molecule has 1 heterocycles. The second kappa shape index (κ2) is 2.98. The van der Waals surface area contributed by atoms with Crippen LogP contribution >= 0.6 is 0 Å². The van der Waals surface area contributed by atoms with Gasteiger partial charge in [-0.25, -0.2) is 0 Å². The molecule has 0 atom stereocenters. The molecular formula is C9H11N3. The largest absolute Gasteiger partial charge is 0.271 e. The molecule has 0 amide bonds. The summed E-state index contributed by atoms with van der Waals surface area (Å²) >= 11 is 0. The van der Waals surface area contributed by atoms with Gasteiger partial charge in [0, 0.05) is 12.7 Å². The SMILES string of the molecule is N#Cc1cnn(CC2CCC2)c1. The third-order valence-corrected chi connectivity index (χ3v) is 2.43. The van der Waals surface area contributed by atoms with Crippen molar-refractivity contribution in [2.45, 2.75) is 25.8 Å². The smallest absolute Gasteiger partial charge is 0.102 e. The van der Waals surface area contributed by atoms with E-state index >= 15 is 0 Å². The predicted octanol–water partition coefficient (Wildman–Crippen LogP) is 1.55. The van der Waals surface area contributed by atoms with Crippen molar-refractivity contribution >= 4 is 0 Å². The Labute approximate surface area is 71.6 Å². The van der Waals surface area contributed by atoms with Gasteiger partial charge in [0.15, 0.2) is 0 Å². The van der Waals surface area contributed by atoms with E-state index in [1.54, 1.807) is 6.20 Å². The van der Waals surface area contributed by atoms with Crippen molar-refractivity contribution in [3.63, 3.8) is 0 Å². The average Bonchev–Trinajstić information content (AvgIpc) is 2.44. The second-order valence-electron chi connectivity index (χ2n) is 3.36. The molecule has 0 N–H and O–H groups in total. The molecular weight excluding hydrogens is 150 g/mol. The third kappa shape index (κ3) is 1.33. The van der Waals surface area contributed by atoms with E-state index in [9.17, 15) is 0 Å². The lowest BCUT2D eigenvalue weighted by atomic mass is 9.85. The molecule has 0 aliphatic heterocycles. The number of nitriles is 1. The Balaban J connectivity index is 1.99. The number of hydrogen-bond donors (Lipinski definition) is 0. The normalized spacial score (nSPS) is 16.9. The van der Waals surface area contributed by atoms with Crippen molar-refractivity contribution in [1.82, 2.24) is 9.78 Å². The molecule has 0 saturated heterocycles. The van der Waals surface area contributed by atoms with Crippen LogP contribution in [0.4, 0.5) is 0 Å². The van der Waals surface area contributed by atoms with Gasteiger partial charge in [0.05, 0.1) is 11.8 Å². The first-order valence-corrected chi connectivity index (χ1v) is 4.31. The fraction of sp³-hybridized carbons (Fsp3) is 0.556. The first-order chi connectivity index (χ1) is 5.88. The van der Waals surface area contributed by atoms with Crippen LogP contribution in [0.3, 0.4) is 0 Å². The van der Waals surface area contributed by atoms with E-state index in [2.05, 4.69) is 11.2 Å². The average molecular weight is 161 g/mol. The number of aromatic nitrogens is 2. The first kappa shape index (κ1) is 7.35. The van der Waals surface area contributed by atoms with Gasteiger partial charge in [-0.3, -0.25) is 4.68 Å². The summed E-state index contributed by atoms with van der Waals surface area (Å²) in [5.74, 6) is 0.802. The molecule has 0 aromatic carbocycles. The number of hydrogen-bond acceptors (Lipinski definition) is 2. The minimum Gasteiger partial charge on any atom is -0.271 e. The fourth-order valence-corrected chi connectivity index (χ4v) is 1.46. The van der Waals surface area contributed by atoms with Gasteiger partial charge in [0.1, 0.15) is 6.07 Å². The predicted molar refractivity (Wildman–Crippen MR) is 44.3 cm³/mol. The summed E-state index contributed by atoms with van der Waals surface area (Å²) in [7, 11) is 0. The van der Waals surface area contributed by atoms with E-state index in [0.29, 0.717) is 5.56 Å². The minimum atomic E-state index is 0.661. The van der Waals surface area contributed by atoms with Crippen LogP contribution in [-0.2, 0) is 6.54 Å². The quantitative estimate of drug-likeness (QED) is 0.660. The van der Waals surface area contributed by atoms with Crippen LogP contribution in [-0.4, -0.2) is 9.78 Å². The molecule has 1 aromatic heterocycles. The van der Waals surface area contributed by atoms with Crippen LogP contribution < -0.4 is 0 Å². The van der Waals surface area contributed by atoms with E-state index < -0.39 is 0 Å². The molecule has 1 saturated carbocycles. The van der Waals surface area contributed by atoms with Gasteiger partial charge in [-0.1, -0.05) is 6.42 Å². The molecule has 12 heavy (non-hydrogen) atoms. The Hall–Kier alpha value is -1.30. The zero-order chi connectivity index (χ0) is 8.39. The van der Waals surface area contributed by atoms with Gasteiger partial charge in [-0.15, -0.1) is 0 Å². The van der Waals surface area contributed by atoms with Crippen LogP contribution in [0.1, 0.15) is 24.8 Å². The second-order valence-corrected chi connectivity index (χ2v) is 3.36. The van der Waals surface area contributed by atoms with Gasteiger partial charge in [0.2, 0.25) is 0 Å². The first-order valence-electron chi connectivity index (χ1n) is 4.31. The topological polar surface area (TPSA) is 41.6 Å². The van der Waals surface area contributed by atoms with Gasteiger partial charge in [-0.05, 0) is 18.8 Å². The Bertz CT molecular complexity index is 304. The summed E-state index contributed by atoms with van der Waals surface area (Å²) in [4.78, 5) is 0. The molecule has 0 spiro atoms. The Morgan fingerprint density at radius 1 is 1.67 bits per heavy atom. The molecule has 0 radical (unpaired) electrons. The molecule has 1 aromatic rings. The zero-order valence-corrected chi connectivity index (χ0v) is 6.90. The Morgan fingerprint density at radius 2 is 2.50 bits per heavy atom. The van der Waals surface area contributed by atoms with Crippen LogP contribution in [0.2, 0.25) is 0 Å². The molecule has 1 aliphatic rings. The maximum Gasteiger partial charge on any atom is 0.102 e. The van der Waals surface area contributed by atoms with Crippen molar-refractivity contribution in [3.8, 4) is 6.07 Å². The van der Waals surface area contributed by atoms with Crippen LogP contribution in [0, 0.1) is 17.2 Å². The highest BCUT2D eigenvalue weighted by molar-refractivity contribution is 5.21. The highest BCUT2D eigenvalue weighted by Crippen LogP contribution is 2.27. The number of rotatable bonds is 2. The van der Waals surface area contributed by atoms with E-state index in [-0.39, 0.29) is 0 Å². The van der Waals surface area contributed by atoms with Crippen molar-refractivity contribution in [3.05, 3.63) is 18.0 Å². The molecule has 0 unspecified atom stereocenters. The standard InChI is InChI=1S/C9H11N3/c10-4-9-5-11-12(7-9)6-8-2-1-3-8/h5,7-8H,1-3,6H2. The minimum absolute atomic E-state index is 0.661. The lowest BCUT2D eigenvalue weighted by molar-refractivity contribution is 0.266. The van der Waals surface area contributed by atoms with Gasteiger partial charge in [-0.2, -0.15) is 10.4 Å². The summed E-state index contributed by atoms with van der Waals surface area (Å²) in [5.41, 5.74) is 0.661. The monoisotopic (exact) mass is 161 g/mol. The van der Waals surface area contributed by atoms with E-state index in [1.807, 2.05) is 10.9 Å². The highest BCUT2D eigenvalue weighted by Gasteiger charge is 2.17. The van der Waals surface area contributed by atoms with Gasteiger partial charge in [0.25, 0.3) is 0 Å². The summed E-state index contributed by atoms with van der Waals surface area (Å²) in [6.07, 6.45) is 7.44. The maximum absolute atomic E-state index is 8.55. The molecule has 2 rings (SSSR count). The van der Waals surface area contributed by atoms with Gasteiger partial charge < -0.3 is 0 Å². The van der Waals surface area contributed by atoms with Crippen molar-refractivity contribution in [2.75, 3.05) is 0 Å². The maximum atomic E-state index is 8.55. The van der Waals surface area contributed by atoms with E-state index in [4.69, 9.17) is 5.26 Å². The van der Waals surface area contributed by atoms with Crippen LogP contribution in [0.25, 0.3) is 0 Å². The molecule has 0 bridgehead atoms. The Kier molecular flexibility index (Phi) is 1.83. The van der Waals surface area contributed by atoms with Crippen LogP contribution in [0.5, 0.6) is 0 Å². The molecule has 1 aliphatic carbocycles. The Morgan fingerprint density at radius 3 is 3.00 bits per heavy atom. The van der Waals surface area contributed by atoms with Gasteiger partial charge >= 0.3 is 0 Å². The lowest BCUT2D eigenvalue weighted by Gasteiger charge is -2.24.